The van der Waals surface area contributed by atoms with Crippen LogP contribution in [0.3, 0.4) is 0 Å². The smallest absolute Gasteiger partial charge is 0.162 e. The summed E-state index contributed by atoms with van der Waals surface area (Å²) >= 11 is 0. The van der Waals surface area contributed by atoms with Gasteiger partial charge in [0.2, 0.25) is 0 Å². The van der Waals surface area contributed by atoms with Crippen molar-refractivity contribution < 1.29 is 0 Å². The van der Waals surface area contributed by atoms with E-state index < -0.39 is 0 Å². The molecule has 0 aliphatic rings. The molecule has 0 amide bonds. The van der Waals surface area contributed by atoms with Crippen LogP contribution < -0.4 is 0 Å². The first-order chi connectivity index (χ1) is 6.86. The van der Waals surface area contributed by atoms with E-state index in [1.54, 1.807) is 6.20 Å². The molecule has 0 radical (unpaired) electrons. The molecule has 0 aliphatic heterocycles. The summed E-state index contributed by atoms with van der Waals surface area (Å²) in [6, 6.07) is 2.12. The Hall–Kier alpha value is -1.43. The van der Waals surface area contributed by atoms with Gasteiger partial charge in [-0.1, -0.05) is 34.6 Å². The minimum Gasteiger partial charge on any atom is -0.256 e. The maximum absolute atomic E-state index is 9.00. The molecule has 0 spiro atoms. The van der Waals surface area contributed by atoms with Crippen molar-refractivity contribution in [3.05, 3.63) is 23.3 Å². The van der Waals surface area contributed by atoms with Gasteiger partial charge in [0.15, 0.2) is 5.69 Å². The van der Waals surface area contributed by atoms with Crippen molar-refractivity contribution in [2.24, 2.45) is 0 Å². The summed E-state index contributed by atoms with van der Waals surface area (Å²) in [4.78, 5) is 8.69. The molecule has 1 aromatic rings. The lowest BCUT2D eigenvalue weighted by atomic mass is 9.92. The minimum atomic E-state index is -0.0614. The second-order valence-electron chi connectivity index (χ2n) is 5.01. The minimum absolute atomic E-state index is 0.0614. The van der Waals surface area contributed by atoms with E-state index in [-0.39, 0.29) is 11.3 Å². The molecule has 1 aromatic heterocycles. The Morgan fingerprint density at radius 1 is 1.33 bits per heavy atom. The summed E-state index contributed by atoms with van der Waals surface area (Å²) in [7, 11) is 0. The molecule has 0 bridgehead atoms. The molecule has 0 saturated carbocycles. The Morgan fingerprint density at radius 2 is 1.93 bits per heavy atom. The second-order valence-corrected chi connectivity index (χ2v) is 5.01. The van der Waals surface area contributed by atoms with Gasteiger partial charge in [0.25, 0.3) is 0 Å². The van der Waals surface area contributed by atoms with E-state index in [1.807, 2.05) is 13.8 Å². The van der Waals surface area contributed by atoms with Crippen molar-refractivity contribution >= 4 is 0 Å². The largest absolute Gasteiger partial charge is 0.256 e. The summed E-state index contributed by atoms with van der Waals surface area (Å²) < 4.78 is 0. The second kappa shape index (κ2) is 3.98. The lowest BCUT2D eigenvalue weighted by molar-refractivity contribution is 0.561. The molecule has 0 fully saturated rings. The van der Waals surface area contributed by atoms with Crippen molar-refractivity contribution in [1.29, 1.82) is 5.26 Å². The maximum atomic E-state index is 9.00. The third-order valence-electron chi connectivity index (χ3n) is 2.22. The molecule has 1 rings (SSSR count). The van der Waals surface area contributed by atoms with E-state index in [4.69, 9.17) is 5.26 Å². The molecular formula is C12H17N3. The molecule has 15 heavy (non-hydrogen) atoms. The van der Waals surface area contributed by atoms with Crippen LogP contribution in [0.2, 0.25) is 0 Å². The van der Waals surface area contributed by atoms with Crippen LogP contribution in [0.15, 0.2) is 6.20 Å². The highest BCUT2D eigenvalue weighted by molar-refractivity contribution is 5.30. The number of rotatable bonds is 1. The number of hydrogen-bond acceptors (Lipinski definition) is 3. The Bertz CT molecular complexity index is 394. The normalized spacial score (nSPS) is 11.5. The van der Waals surface area contributed by atoms with Gasteiger partial charge in [-0.2, -0.15) is 5.26 Å². The van der Waals surface area contributed by atoms with Crippen molar-refractivity contribution in [2.75, 3.05) is 0 Å². The highest BCUT2D eigenvalue weighted by Crippen LogP contribution is 2.22. The van der Waals surface area contributed by atoms with Gasteiger partial charge in [-0.25, -0.2) is 4.98 Å². The van der Waals surface area contributed by atoms with Gasteiger partial charge in [-0.3, -0.25) is 4.98 Å². The van der Waals surface area contributed by atoms with Crippen LogP contribution in [-0.2, 0) is 5.41 Å². The Balaban J connectivity index is 3.27. The molecule has 0 saturated heterocycles. The summed E-state index contributed by atoms with van der Waals surface area (Å²) in [5.41, 5.74) is 2.04. The average Bonchev–Trinajstić information content (AvgIpc) is 2.15. The van der Waals surface area contributed by atoms with Crippen LogP contribution in [0.1, 0.15) is 57.6 Å². The van der Waals surface area contributed by atoms with Gasteiger partial charge in [0, 0.05) is 11.6 Å². The SMILES string of the molecule is CC(C)c1ncc(C(C)(C)C)nc1C#N. The van der Waals surface area contributed by atoms with E-state index in [0.29, 0.717) is 5.69 Å². The predicted molar refractivity (Wildman–Crippen MR) is 59.5 cm³/mol. The average molecular weight is 203 g/mol. The Labute approximate surface area is 91.2 Å². The molecular weight excluding hydrogens is 186 g/mol. The summed E-state index contributed by atoms with van der Waals surface area (Å²) in [6.45, 7) is 10.2. The fraction of sp³-hybridized carbons (Fsp3) is 0.583. The van der Waals surface area contributed by atoms with Crippen LogP contribution in [0.5, 0.6) is 0 Å². The van der Waals surface area contributed by atoms with Crippen molar-refractivity contribution in [1.82, 2.24) is 9.97 Å². The van der Waals surface area contributed by atoms with E-state index in [0.717, 1.165) is 11.4 Å². The molecule has 0 N–H and O–H groups in total. The highest BCUT2D eigenvalue weighted by atomic mass is 14.8. The van der Waals surface area contributed by atoms with Gasteiger partial charge in [0.05, 0.1) is 11.4 Å². The highest BCUT2D eigenvalue weighted by Gasteiger charge is 2.19. The van der Waals surface area contributed by atoms with E-state index >= 15 is 0 Å². The zero-order chi connectivity index (χ0) is 11.6. The fourth-order valence-corrected chi connectivity index (χ4v) is 1.26. The van der Waals surface area contributed by atoms with Gasteiger partial charge in [0.1, 0.15) is 6.07 Å². The van der Waals surface area contributed by atoms with Crippen molar-refractivity contribution in [3.63, 3.8) is 0 Å². The van der Waals surface area contributed by atoms with Crippen LogP contribution in [0.25, 0.3) is 0 Å². The van der Waals surface area contributed by atoms with Crippen LogP contribution >= 0.6 is 0 Å². The molecule has 0 unspecified atom stereocenters. The zero-order valence-corrected chi connectivity index (χ0v) is 10.00. The molecule has 0 aliphatic carbocycles. The fourth-order valence-electron chi connectivity index (χ4n) is 1.26. The van der Waals surface area contributed by atoms with Crippen LogP contribution in [-0.4, -0.2) is 9.97 Å². The van der Waals surface area contributed by atoms with E-state index in [9.17, 15) is 0 Å². The Morgan fingerprint density at radius 3 is 2.33 bits per heavy atom. The lowest BCUT2D eigenvalue weighted by Crippen LogP contribution is -2.16. The molecule has 80 valence electrons. The van der Waals surface area contributed by atoms with Crippen molar-refractivity contribution in [2.45, 2.75) is 46.0 Å². The lowest BCUT2D eigenvalue weighted by Gasteiger charge is -2.18. The van der Waals surface area contributed by atoms with Crippen LogP contribution in [0, 0.1) is 11.3 Å². The summed E-state index contributed by atoms with van der Waals surface area (Å²) in [5, 5.41) is 9.00. The first-order valence-electron chi connectivity index (χ1n) is 5.13. The van der Waals surface area contributed by atoms with E-state index in [1.165, 1.54) is 0 Å². The van der Waals surface area contributed by atoms with Gasteiger partial charge in [-0.15, -0.1) is 0 Å². The quantitative estimate of drug-likeness (QED) is 0.705. The molecule has 3 nitrogen and oxygen atoms in total. The van der Waals surface area contributed by atoms with Gasteiger partial charge >= 0.3 is 0 Å². The predicted octanol–water partition coefficient (Wildman–Crippen LogP) is 2.77. The first kappa shape index (κ1) is 11.6. The standard InChI is InChI=1S/C12H17N3/c1-8(2)11-9(6-13)15-10(7-14-11)12(3,4)5/h7-8H,1-5H3. The maximum Gasteiger partial charge on any atom is 0.162 e. The van der Waals surface area contributed by atoms with Crippen molar-refractivity contribution in [3.8, 4) is 6.07 Å². The number of nitrogens with zero attached hydrogens (tertiary/aromatic N) is 3. The molecule has 0 aromatic carbocycles. The number of hydrogen-bond donors (Lipinski definition) is 0. The van der Waals surface area contributed by atoms with Gasteiger partial charge < -0.3 is 0 Å². The zero-order valence-electron chi connectivity index (χ0n) is 10.00. The van der Waals surface area contributed by atoms with E-state index in [2.05, 4.69) is 36.8 Å². The topological polar surface area (TPSA) is 49.6 Å². The van der Waals surface area contributed by atoms with Crippen LogP contribution in [0.4, 0.5) is 0 Å². The first-order valence-corrected chi connectivity index (χ1v) is 5.13. The summed E-state index contributed by atoms with van der Waals surface area (Å²) in [5.74, 6) is 0.237. The number of aromatic nitrogens is 2. The third-order valence-corrected chi connectivity index (χ3v) is 2.22. The molecule has 1 heterocycles. The summed E-state index contributed by atoms with van der Waals surface area (Å²) in [6.07, 6.45) is 1.77. The monoisotopic (exact) mass is 203 g/mol. The molecule has 3 heteroatoms. The Kier molecular flexibility index (Phi) is 3.09. The molecule has 0 atom stereocenters. The number of nitriles is 1. The third kappa shape index (κ3) is 2.53. The van der Waals surface area contributed by atoms with Gasteiger partial charge in [-0.05, 0) is 5.92 Å².